The number of hydrogen-bond donors (Lipinski definition) is 2. The third kappa shape index (κ3) is 3.46. The minimum Gasteiger partial charge on any atom is -0.397 e. The molecule has 1 aromatic rings. The van der Waals surface area contributed by atoms with Gasteiger partial charge in [-0.05, 0) is 26.2 Å². The van der Waals surface area contributed by atoms with Crippen molar-refractivity contribution in [3.8, 4) is 0 Å². The smallest absolute Gasteiger partial charge is 0.143 e. The molecule has 0 spiro atoms. The summed E-state index contributed by atoms with van der Waals surface area (Å²) < 4.78 is 13.3. The summed E-state index contributed by atoms with van der Waals surface area (Å²) in [6.45, 7) is 4.92. The highest BCUT2D eigenvalue weighted by Crippen LogP contribution is 2.28. The van der Waals surface area contributed by atoms with Gasteiger partial charge in [-0.1, -0.05) is 11.6 Å². The second-order valence-electron chi connectivity index (χ2n) is 4.17. The van der Waals surface area contributed by atoms with Crippen molar-refractivity contribution >= 4 is 34.7 Å². The predicted molar refractivity (Wildman–Crippen MR) is 71.9 cm³/mol. The summed E-state index contributed by atoms with van der Waals surface area (Å²) >= 11 is 7.35. The molecule has 0 bridgehead atoms. The van der Waals surface area contributed by atoms with E-state index in [2.05, 4.69) is 19.2 Å². The van der Waals surface area contributed by atoms with Crippen molar-refractivity contribution in [3.63, 3.8) is 0 Å². The van der Waals surface area contributed by atoms with Crippen LogP contribution in [0, 0.1) is 5.82 Å². The Labute approximate surface area is 105 Å². The fraction of sp³-hybridized carbons (Fsp3) is 0.455. The van der Waals surface area contributed by atoms with Gasteiger partial charge in [0.15, 0.2) is 0 Å². The predicted octanol–water partition coefficient (Wildman–Crippen LogP) is 3.61. The Morgan fingerprint density at radius 3 is 2.69 bits per heavy atom. The summed E-state index contributed by atoms with van der Waals surface area (Å²) in [7, 11) is 0. The quantitative estimate of drug-likeness (QED) is 0.814. The van der Waals surface area contributed by atoms with Crippen LogP contribution < -0.4 is 11.1 Å². The highest BCUT2D eigenvalue weighted by Gasteiger charge is 2.16. The average molecular weight is 263 g/mol. The van der Waals surface area contributed by atoms with Gasteiger partial charge in [-0.25, -0.2) is 4.39 Å². The van der Waals surface area contributed by atoms with Crippen LogP contribution in [0.15, 0.2) is 12.1 Å². The molecule has 3 N–H and O–H groups in total. The van der Waals surface area contributed by atoms with Gasteiger partial charge < -0.3 is 11.1 Å². The molecule has 0 radical (unpaired) electrons. The van der Waals surface area contributed by atoms with Crippen molar-refractivity contribution in [2.24, 2.45) is 0 Å². The zero-order chi connectivity index (χ0) is 12.3. The van der Waals surface area contributed by atoms with Gasteiger partial charge in [0.1, 0.15) is 5.82 Å². The van der Waals surface area contributed by atoms with Crippen LogP contribution >= 0.6 is 23.4 Å². The van der Waals surface area contributed by atoms with E-state index in [1.165, 1.54) is 12.1 Å². The van der Waals surface area contributed by atoms with Crippen molar-refractivity contribution < 1.29 is 4.39 Å². The molecule has 0 heterocycles. The van der Waals surface area contributed by atoms with Crippen molar-refractivity contribution in [3.05, 3.63) is 23.0 Å². The highest BCUT2D eigenvalue weighted by molar-refractivity contribution is 7.99. The molecule has 1 aromatic carbocycles. The van der Waals surface area contributed by atoms with E-state index < -0.39 is 5.82 Å². The lowest BCUT2D eigenvalue weighted by atomic mass is 10.2. The van der Waals surface area contributed by atoms with Gasteiger partial charge >= 0.3 is 0 Å². The number of hydrogen-bond acceptors (Lipinski definition) is 3. The molecule has 1 rings (SSSR count). The Bertz CT molecular complexity index is 382. The summed E-state index contributed by atoms with van der Waals surface area (Å²) in [6, 6.07) is 2.75. The van der Waals surface area contributed by atoms with Gasteiger partial charge in [0.2, 0.25) is 0 Å². The van der Waals surface area contributed by atoms with Crippen molar-refractivity contribution in [2.75, 3.05) is 23.9 Å². The minimum absolute atomic E-state index is 0.0483. The van der Waals surface area contributed by atoms with E-state index in [1.807, 2.05) is 6.26 Å². The molecule has 0 amide bonds. The lowest BCUT2D eigenvalue weighted by Crippen LogP contribution is -2.26. The van der Waals surface area contributed by atoms with Gasteiger partial charge in [-0.3, -0.25) is 0 Å². The first kappa shape index (κ1) is 13.5. The number of halogens is 2. The molecular formula is C11H16ClFN2S. The van der Waals surface area contributed by atoms with E-state index in [1.54, 1.807) is 11.8 Å². The maximum atomic E-state index is 13.2. The van der Waals surface area contributed by atoms with Gasteiger partial charge in [-0.2, -0.15) is 11.8 Å². The van der Waals surface area contributed by atoms with Crippen LogP contribution in [0.3, 0.4) is 0 Å². The van der Waals surface area contributed by atoms with Gasteiger partial charge in [-0.15, -0.1) is 0 Å². The van der Waals surface area contributed by atoms with Crippen LogP contribution in [0.4, 0.5) is 15.8 Å². The fourth-order valence-electron chi connectivity index (χ4n) is 1.10. The molecule has 0 saturated heterocycles. The zero-order valence-electron chi connectivity index (χ0n) is 9.60. The van der Waals surface area contributed by atoms with Crippen LogP contribution in [0.5, 0.6) is 0 Å². The van der Waals surface area contributed by atoms with E-state index in [0.717, 1.165) is 0 Å². The Hall–Kier alpha value is -0.610. The highest BCUT2D eigenvalue weighted by atomic mass is 35.5. The van der Waals surface area contributed by atoms with Crippen LogP contribution in [0.1, 0.15) is 13.8 Å². The van der Waals surface area contributed by atoms with E-state index in [4.69, 9.17) is 17.3 Å². The van der Waals surface area contributed by atoms with Crippen LogP contribution in [-0.4, -0.2) is 17.5 Å². The van der Waals surface area contributed by atoms with Crippen molar-refractivity contribution in [1.29, 1.82) is 0 Å². The third-order valence-electron chi connectivity index (χ3n) is 2.35. The molecule has 0 saturated carbocycles. The van der Waals surface area contributed by atoms with E-state index in [9.17, 15) is 4.39 Å². The Kier molecular flexibility index (Phi) is 4.33. The maximum absolute atomic E-state index is 13.2. The largest absolute Gasteiger partial charge is 0.397 e. The SMILES string of the molecule is CSC(C)(C)CNc1cc(F)c(Cl)cc1N. The first-order valence-corrected chi connectivity index (χ1v) is 6.49. The third-order valence-corrected chi connectivity index (χ3v) is 3.89. The number of nitrogen functional groups attached to an aromatic ring is 1. The zero-order valence-corrected chi connectivity index (χ0v) is 11.2. The van der Waals surface area contributed by atoms with Crippen LogP contribution in [0.25, 0.3) is 0 Å². The molecule has 0 aromatic heterocycles. The van der Waals surface area contributed by atoms with E-state index >= 15 is 0 Å². The summed E-state index contributed by atoms with van der Waals surface area (Å²) in [5.41, 5.74) is 6.79. The Balaban J connectivity index is 2.79. The lowest BCUT2D eigenvalue weighted by molar-refractivity contribution is 0.628. The fourth-order valence-corrected chi connectivity index (χ4v) is 1.48. The van der Waals surface area contributed by atoms with Gasteiger partial charge in [0.25, 0.3) is 0 Å². The summed E-state index contributed by atoms with van der Waals surface area (Å²) in [4.78, 5) is 0. The number of nitrogens with one attached hydrogen (secondary N) is 1. The standard InChI is InChI=1S/C11H16ClFN2S/c1-11(2,16-3)6-15-10-5-8(13)7(12)4-9(10)14/h4-5,15H,6,14H2,1-3H3. The number of nitrogens with two attached hydrogens (primary N) is 1. The molecule has 0 aliphatic rings. The van der Waals surface area contributed by atoms with Gasteiger partial charge in [0, 0.05) is 17.4 Å². The van der Waals surface area contributed by atoms with Crippen molar-refractivity contribution in [1.82, 2.24) is 0 Å². The van der Waals surface area contributed by atoms with Crippen molar-refractivity contribution in [2.45, 2.75) is 18.6 Å². The summed E-state index contributed by atoms with van der Waals surface area (Å²) in [5.74, 6) is -0.458. The minimum atomic E-state index is -0.458. The van der Waals surface area contributed by atoms with Crippen LogP contribution in [-0.2, 0) is 0 Å². The molecule has 2 nitrogen and oxygen atoms in total. The lowest BCUT2D eigenvalue weighted by Gasteiger charge is -2.23. The molecule has 5 heteroatoms. The molecule has 16 heavy (non-hydrogen) atoms. The second kappa shape index (κ2) is 5.15. The maximum Gasteiger partial charge on any atom is 0.143 e. The summed E-state index contributed by atoms with van der Waals surface area (Å²) in [6.07, 6.45) is 2.04. The normalized spacial score (nSPS) is 11.6. The van der Waals surface area contributed by atoms with Crippen LogP contribution in [0.2, 0.25) is 5.02 Å². The Morgan fingerprint density at radius 1 is 1.50 bits per heavy atom. The Morgan fingerprint density at radius 2 is 2.12 bits per heavy atom. The average Bonchev–Trinajstić information content (AvgIpc) is 2.22. The van der Waals surface area contributed by atoms with E-state index in [0.29, 0.717) is 17.9 Å². The van der Waals surface area contributed by atoms with E-state index in [-0.39, 0.29) is 9.77 Å². The molecule has 0 aliphatic heterocycles. The monoisotopic (exact) mass is 262 g/mol. The summed E-state index contributed by atoms with van der Waals surface area (Å²) in [5, 5.41) is 3.18. The first-order valence-electron chi connectivity index (χ1n) is 4.89. The van der Waals surface area contributed by atoms with Gasteiger partial charge in [0.05, 0.1) is 16.4 Å². The molecule has 0 aliphatic carbocycles. The second-order valence-corrected chi connectivity index (χ2v) is 6.09. The molecular weight excluding hydrogens is 247 g/mol. The first-order chi connectivity index (χ1) is 7.35. The topological polar surface area (TPSA) is 38.0 Å². The molecule has 0 atom stereocenters. The number of thioether (sulfide) groups is 1. The molecule has 0 fully saturated rings. The number of benzene rings is 1. The molecule has 0 unspecified atom stereocenters. The number of rotatable bonds is 4. The molecule has 90 valence electrons. The number of anilines is 2.